The average molecular weight is 1790 g/mol. The van der Waals surface area contributed by atoms with Crippen molar-refractivity contribution in [3.63, 3.8) is 0 Å². The number of anilines is 12. The molecule has 0 radical (unpaired) electrons. The molecule has 0 fully saturated rings. The van der Waals surface area contributed by atoms with Crippen molar-refractivity contribution in [1.29, 1.82) is 0 Å². The third-order valence-electron chi connectivity index (χ3n) is 34.6. The first-order chi connectivity index (χ1) is 69.4. The molecule has 8 heteroatoms. The second-order valence-corrected chi connectivity index (χ2v) is 41.3. The first-order valence-corrected chi connectivity index (χ1v) is 50.3. The van der Waals surface area contributed by atoms with Crippen molar-refractivity contribution in [2.75, 3.05) is 19.6 Å². The second-order valence-electron chi connectivity index (χ2n) is 41.3. The predicted octanol–water partition coefficient (Wildman–Crippen LogP) is 30.0. The Morgan fingerprint density at radius 2 is 0.393 bits per heavy atom. The maximum Gasteiger partial charge on any atom is 0.0716 e. The highest BCUT2D eigenvalue weighted by molar-refractivity contribution is 6.02. The van der Waals surface area contributed by atoms with Gasteiger partial charge in [0.2, 0.25) is 0 Å². The Balaban J connectivity index is 0.0000000829. The highest BCUT2D eigenvalue weighted by atomic mass is 15.2. The molecule has 0 spiro atoms. The molecule has 0 amide bonds. The number of hydrogen-bond acceptors (Lipinski definition) is 8. The van der Waals surface area contributed by atoms with E-state index in [1.165, 1.54) is 319 Å². The van der Waals surface area contributed by atoms with Crippen LogP contribution in [-0.2, 0) is 103 Å². The van der Waals surface area contributed by atoms with Crippen LogP contribution in [0.25, 0.3) is 89.0 Å². The molecule has 140 heavy (non-hydrogen) atoms. The van der Waals surface area contributed by atoms with Gasteiger partial charge in [0.1, 0.15) is 0 Å². The number of benzene rings is 16. The van der Waals surface area contributed by atoms with Crippen LogP contribution in [0.1, 0.15) is 178 Å². The normalized spacial score (nSPS) is 14.9. The molecule has 20 aromatic rings. The lowest BCUT2D eigenvalue weighted by molar-refractivity contribution is 0.948. The van der Waals surface area contributed by atoms with Gasteiger partial charge in [-0.3, -0.25) is 19.9 Å². The Hall–Kier alpha value is -16.7. The van der Waals surface area contributed by atoms with E-state index < -0.39 is 0 Å². The zero-order valence-corrected chi connectivity index (χ0v) is 77.2. The summed E-state index contributed by atoms with van der Waals surface area (Å²) in [4.78, 5) is 29.3. The van der Waals surface area contributed by atoms with Crippen LogP contribution < -0.4 is 19.6 Å². The lowest BCUT2D eigenvalue weighted by Gasteiger charge is -2.39. The highest BCUT2D eigenvalue weighted by Crippen LogP contribution is 2.62. The van der Waals surface area contributed by atoms with Crippen LogP contribution in [0.2, 0.25) is 0 Å². The molecule has 0 saturated heterocycles. The summed E-state index contributed by atoms with van der Waals surface area (Å²) in [6.07, 6.45) is 26.1. The van der Waals surface area contributed by atoms with Crippen molar-refractivity contribution in [2.45, 2.75) is 103 Å². The molecule has 0 atom stereocenters. The third-order valence-corrected chi connectivity index (χ3v) is 34.6. The van der Waals surface area contributed by atoms with Crippen LogP contribution in [0.15, 0.2) is 340 Å². The van der Waals surface area contributed by atoms with Gasteiger partial charge in [0, 0.05) is 105 Å². The van der Waals surface area contributed by atoms with Gasteiger partial charge < -0.3 is 19.6 Å². The summed E-state index contributed by atoms with van der Waals surface area (Å²) < 4.78 is 0. The van der Waals surface area contributed by atoms with Gasteiger partial charge in [0.15, 0.2) is 0 Å². The van der Waals surface area contributed by atoms with E-state index in [1.807, 2.05) is 18.6 Å². The molecular formula is C132H88N8. The smallest absolute Gasteiger partial charge is 0.0716 e. The minimum atomic E-state index is 0.910. The number of hydrogen-bond donors (Lipinski definition) is 0. The zero-order valence-electron chi connectivity index (χ0n) is 77.2. The molecule has 8 aliphatic heterocycles. The van der Waals surface area contributed by atoms with Gasteiger partial charge in [0.05, 0.1) is 62.6 Å². The molecule has 36 rings (SSSR count). The van der Waals surface area contributed by atoms with Crippen molar-refractivity contribution in [3.05, 3.63) is 519 Å². The van der Waals surface area contributed by atoms with Crippen molar-refractivity contribution in [1.82, 2.24) is 19.9 Å². The van der Waals surface area contributed by atoms with E-state index in [0.29, 0.717) is 0 Å². The Kier molecular flexibility index (Phi) is 15.6. The van der Waals surface area contributed by atoms with Gasteiger partial charge in [-0.25, -0.2) is 0 Å². The van der Waals surface area contributed by atoms with Crippen molar-refractivity contribution < 1.29 is 0 Å². The van der Waals surface area contributed by atoms with Gasteiger partial charge >= 0.3 is 0 Å². The van der Waals surface area contributed by atoms with Crippen molar-refractivity contribution >= 4 is 68.2 Å². The van der Waals surface area contributed by atoms with E-state index in [4.69, 9.17) is 15.0 Å². The molecule has 0 N–H and O–H groups in total. The molecule has 8 aliphatic carbocycles. The summed E-state index contributed by atoms with van der Waals surface area (Å²) in [5, 5.41) is 0. The Morgan fingerprint density at radius 1 is 0.143 bits per heavy atom. The van der Waals surface area contributed by atoms with Gasteiger partial charge in [-0.2, -0.15) is 0 Å². The summed E-state index contributed by atoms with van der Waals surface area (Å²) in [7, 11) is 0. The van der Waals surface area contributed by atoms with Gasteiger partial charge in [-0.15, -0.1) is 0 Å². The van der Waals surface area contributed by atoms with E-state index in [0.717, 1.165) is 103 Å². The van der Waals surface area contributed by atoms with E-state index in [2.05, 4.69) is 346 Å². The van der Waals surface area contributed by atoms with Crippen LogP contribution in [0.4, 0.5) is 68.2 Å². The number of rotatable bonds is 0. The number of pyridine rings is 4. The molecule has 4 aromatic heterocycles. The van der Waals surface area contributed by atoms with E-state index >= 15 is 0 Å². The van der Waals surface area contributed by atoms with Gasteiger partial charge in [-0.1, -0.05) is 243 Å². The summed E-state index contributed by atoms with van der Waals surface area (Å²) in [6.45, 7) is 0. The molecule has 0 saturated carbocycles. The average Bonchev–Trinajstić information content (AvgIpc) is 1.47. The van der Waals surface area contributed by atoms with E-state index in [1.54, 1.807) is 16.7 Å². The highest BCUT2D eigenvalue weighted by Gasteiger charge is 2.44. The van der Waals surface area contributed by atoms with Crippen LogP contribution >= 0.6 is 0 Å². The maximum absolute atomic E-state index is 4.90. The molecule has 656 valence electrons. The Bertz CT molecular complexity index is 8510. The van der Waals surface area contributed by atoms with E-state index in [9.17, 15) is 0 Å². The third kappa shape index (κ3) is 10.6. The molecule has 0 bridgehead atoms. The minimum absolute atomic E-state index is 0.910. The fourth-order valence-electron chi connectivity index (χ4n) is 28.7. The molecule has 16 aliphatic rings. The molecule has 0 unspecified atom stereocenters. The first kappa shape index (κ1) is 76.5. The monoisotopic (exact) mass is 1780 g/mol. The predicted molar refractivity (Wildman–Crippen MR) is 564 cm³/mol. The quantitative estimate of drug-likeness (QED) is 0.149. The molecular weight excluding hydrogens is 1700 g/mol. The first-order valence-electron chi connectivity index (χ1n) is 50.3. The largest absolute Gasteiger partial charge is 0.309 e. The standard InChI is InChI=1S/4C33H22N2/c1-3-7-23-19(5-1)14-27-24(23)9-10-25-26-11-12-32-30(29(26)16-28(25)27)15-22-18-34-17-21-13-20-6-2-4-8-31(20)35(32)33(21)22;1-3-7-22-19(5-1)16-26-23(22)9-10-24-25-11-12-32-29(28(25)17-27(24)26)18-30-33-21(13-14-34-30)15-20-6-2-4-8-31(20)35(32)33;1-3-7-22-19(5-1)15-26-23(22)9-10-24-25-11-12-32-29(28(25)18-27(24)26)16-21-13-14-34-30-17-20-6-2-4-8-31(20)35(32)33(21)30;1-3-7-23-19(5-1)15-21-9-10-25-24-11-12-31-27(26(24)17-28(25)32(21)23)18-29-33-22(13-14-34-29)16-20-6-2-4-8-30(20)35(31)33/h1-12,17-18H,13-16H2;3*1-14H,15-18H2. The van der Waals surface area contributed by atoms with Gasteiger partial charge in [0.25, 0.3) is 0 Å². The number of aromatic nitrogens is 4. The number of nitrogens with zero attached hydrogens (tertiary/aromatic N) is 8. The lowest BCUT2D eigenvalue weighted by atomic mass is 9.85. The van der Waals surface area contributed by atoms with Crippen molar-refractivity contribution in [2.24, 2.45) is 0 Å². The SMILES string of the molecule is c1ccc2c(c1)Cc1c-2ccc2c1Cc1c-2ccc2c1Cc1ccnc3c1N2c1ccccc1C3.c1ccc2c(c1)Cc1c-2ccc2c1Cc1c-2ccc2c1Cc1cncc3c1N2c1ccccc1C3.c1ccc2c(c1)Cc1c-2ccc2c1Cc1c-2ccc2c1Cc1nccc3c1N2c1ccccc1C3.c1ccc2c(c1)Cc1ccc3c(c1-2)Cc1c-3ccc2c1Cc1nccc3c1N2c1ccccc1C3. The second kappa shape index (κ2) is 28.5. The maximum atomic E-state index is 4.90. The number of para-hydroxylation sites is 4. The number of fused-ring (bicyclic) bond motifs is 48. The van der Waals surface area contributed by atoms with Crippen LogP contribution in [0.5, 0.6) is 0 Å². The summed E-state index contributed by atoms with van der Waals surface area (Å²) in [6, 6.07) is 116. The van der Waals surface area contributed by atoms with Crippen LogP contribution in [-0.4, -0.2) is 19.9 Å². The fraction of sp³-hybridized carbons (Fsp3) is 0.121. The summed E-state index contributed by atoms with van der Waals surface area (Å²) >= 11 is 0. The van der Waals surface area contributed by atoms with Crippen LogP contribution in [0, 0.1) is 0 Å². The van der Waals surface area contributed by atoms with Gasteiger partial charge in [-0.05, 0) is 368 Å². The zero-order chi connectivity index (χ0) is 90.7. The fourth-order valence-corrected chi connectivity index (χ4v) is 28.7. The topological polar surface area (TPSA) is 64.5 Å². The molecule has 16 aromatic carbocycles. The lowest BCUT2D eigenvalue weighted by Crippen LogP contribution is -2.26. The Labute approximate surface area is 812 Å². The Morgan fingerprint density at radius 3 is 0.800 bits per heavy atom. The van der Waals surface area contributed by atoms with Crippen molar-refractivity contribution in [3.8, 4) is 89.0 Å². The summed E-state index contributed by atoms with van der Waals surface area (Å²) in [5.74, 6) is 0. The van der Waals surface area contributed by atoms with E-state index in [-0.39, 0.29) is 0 Å². The molecule has 8 nitrogen and oxygen atoms in total. The minimum Gasteiger partial charge on any atom is -0.309 e. The summed E-state index contributed by atoms with van der Waals surface area (Å²) in [5.41, 5.74) is 84.8. The molecule has 12 heterocycles. The van der Waals surface area contributed by atoms with Crippen LogP contribution in [0.3, 0.4) is 0 Å².